The Morgan fingerprint density at radius 3 is 2.40 bits per heavy atom. The number of hydrogen-bond donors (Lipinski definition) is 1. The summed E-state index contributed by atoms with van der Waals surface area (Å²) in [6.07, 6.45) is 0.847. The first-order valence-corrected chi connectivity index (χ1v) is 8.37. The molecule has 1 saturated heterocycles. The highest BCUT2D eigenvalue weighted by Gasteiger charge is 2.18. The molecule has 1 aromatic carbocycles. The third kappa shape index (κ3) is 4.18. The maximum absolute atomic E-state index is 12.2. The predicted octanol–water partition coefficient (Wildman–Crippen LogP) is 2.31. The second-order valence-corrected chi connectivity index (χ2v) is 6.30. The molecular formula is C16H15Cl2N5O2. The molecule has 0 saturated carbocycles. The molecule has 0 bridgehead atoms. The van der Waals surface area contributed by atoms with Crippen LogP contribution in [0.1, 0.15) is 10.5 Å². The lowest BCUT2D eigenvalue weighted by Gasteiger charge is -2.32. The summed E-state index contributed by atoms with van der Waals surface area (Å²) in [6, 6.07) is 8.18. The zero-order chi connectivity index (χ0) is 17.8. The number of halogens is 2. The summed E-state index contributed by atoms with van der Waals surface area (Å²) in [6.45, 7) is 2.65. The number of aromatic nitrogens is 2. The van der Waals surface area contributed by atoms with Crippen LogP contribution in [0, 0.1) is 0 Å². The van der Waals surface area contributed by atoms with E-state index in [9.17, 15) is 9.59 Å². The second-order valence-electron chi connectivity index (χ2n) is 5.49. The molecule has 7 nitrogen and oxygen atoms in total. The normalized spacial score (nSPS) is 14.3. The van der Waals surface area contributed by atoms with Crippen LogP contribution in [0.25, 0.3) is 0 Å². The van der Waals surface area contributed by atoms with Gasteiger partial charge in [-0.15, -0.1) is 10.2 Å². The Morgan fingerprint density at radius 1 is 1.04 bits per heavy atom. The van der Waals surface area contributed by atoms with Crippen LogP contribution in [-0.2, 0) is 4.79 Å². The molecule has 1 N–H and O–H groups in total. The third-order valence-corrected chi connectivity index (χ3v) is 4.59. The minimum atomic E-state index is -0.386. The topological polar surface area (TPSA) is 78.4 Å². The quantitative estimate of drug-likeness (QED) is 0.824. The zero-order valence-electron chi connectivity index (χ0n) is 13.2. The zero-order valence-corrected chi connectivity index (χ0v) is 14.7. The molecule has 3 rings (SSSR count). The Kier molecular flexibility index (Phi) is 5.35. The Labute approximate surface area is 154 Å². The maximum Gasteiger partial charge on any atom is 0.276 e. The van der Waals surface area contributed by atoms with Crippen LogP contribution >= 0.6 is 23.2 Å². The van der Waals surface area contributed by atoms with Crippen molar-refractivity contribution in [3.63, 3.8) is 0 Å². The number of benzene rings is 1. The van der Waals surface area contributed by atoms with Crippen molar-refractivity contribution in [1.82, 2.24) is 15.1 Å². The number of hydrogen-bond acceptors (Lipinski definition) is 5. The van der Waals surface area contributed by atoms with E-state index in [-0.39, 0.29) is 11.6 Å². The van der Waals surface area contributed by atoms with Crippen molar-refractivity contribution in [3.8, 4) is 0 Å². The van der Waals surface area contributed by atoms with E-state index in [1.807, 2.05) is 4.90 Å². The van der Waals surface area contributed by atoms with Gasteiger partial charge in [-0.1, -0.05) is 23.2 Å². The first-order valence-electron chi connectivity index (χ1n) is 7.61. The number of amides is 2. The van der Waals surface area contributed by atoms with Crippen LogP contribution in [0.4, 0.5) is 11.5 Å². The average molecular weight is 380 g/mol. The molecule has 1 aliphatic rings. The fourth-order valence-electron chi connectivity index (χ4n) is 2.44. The van der Waals surface area contributed by atoms with E-state index >= 15 is 0 Å². The number of nitrogens with zero attached hydrogens (tertiary/aromatic N) is 4. The highest BCUT2D eigenvalue weighted by Crippen LogP contribution is 2.25. The van der Waals surface area contributed by atoms with Gasteiger partial charge in [0.15, 0.2) is 11.5 Å². The fourth-order valence-corrected chi connectivity index (χ4v) is 2.74. The molecule has 9 heteroatoms. The molecule has 25 heavy (non-hydrogen) atoms. The molecular weight excluding hydrogens is 365 g/mol. The maximum atomic E-state index is 12.2. The minimum absolute atomic E-state index is 0.196. The first-order chi connectivity index (χ1) is 12.1. The van der Waals surface area contributed by atoms with Crippen molar-refractivity contribution in [3.05, 3.63) is 46.1 Å². The standard InChI is InChI=1S/C16H15Cl2N5O2/c17-12-2-1-11(9-13(12)18)19-16(25)14-3-4-15(21-20-14)23-7-5-22(10-24)6-8-23/h1-4,9-10H,5-8H2,(H,19,25). The monoisotopic (exact) mass is 379 g/mol. The summed E-state index contributed by atoms with van der Waals surface area (Å²) in [4.78, 5) is 26.7. The minimum Gasteiger partial charge on any atom is -0.352 e. The molecule has 2 heterocycles. The Morgan fingerprint density at radius 2 is 1.80 bits per heavy atom. The van der Waals surface area contributed by atoms with Crippen molar-refractivity contribution in [2.75, 3.05) is 36.4 Å². The van der Waals surface area contributed by atoms with Crippen LogP contribution in [0.2, 0.25) is 10.0 Å². The van der Waals surface area contributed by atoms with Crippen molar-refractivity contribution in [2.24, 2.45) is 0 Å². The molecule has 0 aliphatic carbocycles. The number of anilines is 2. The van der Waals surface area contributed by atoms with Crippen molar-refractivity contribution in [2.45, 2.75) is 0 Å². The summed E-state index contributed by atoms with van der Waals surface area (Å²) in [5.74, 6) is 0.292. The molecule has 130 valence electrons. The average Bonchev–Trinajstić information content (AvgIpc) is 2.65. The van der Waals surface area contributed by atoms with Crippen molar-refractivity contribution < 1.29 is 9.59 Å². The Bertz CT molecular complexity index is 777. The molecule has 0 atom stereocenters. The van der Waals surface area contributed by atoms with Crippen LogP contribution < -0.4 is 10.2 Å². The summed E-state index contributed by atoms with van der Waals surface area (Å²) >= 11 is 11.8. The van der Waals surface area contributed by atoms with Gasteiger partial charge in [-0.3, -0.25) is 9.59 Å². The van der Waals surface area contributed by atoms with Gasteiger partial charge in [0.25, 0.3) is 5.91 Å². The molecule has 0 unspecified atom stereocenters. The van der Waals surface area contributed by atoms with Gasteiger partial charge < -0.3 is 15.1 Å². The predicted molar refractivity (Wildman–Crippen MR) is 96.3 cm³/mol. The number of piperazine rings is 1. The van der Waals surface area contributed by atoms with Crippen LogP contribution in [0.15, 0.2) is 30.3 Å². The SMILES string of the molecule is O=CN1CCN(c2ccc(C(=O)Nc3ccc(Cl)c(Cl)c3)nn2)CC1. The Balaban J connectivity index is 1.64. The third-order valence-electron chi connectivity index (χ3n) is 3.85. The van der Waals surface area contributed by atoms with Crippen LogP contribution in [0.5, 0.6) is 0 Å². The summed E-state index contributed by atoms with van der Waals surface area (Å²) in [7, 11) is 0. The highest BCUT2D eigenvalue weighted by molar-refractivity contribution is 6.42. The molecule has 2 amide bonds. The van der Waals surface area contributed by atoms with Gasteiger partial charge in [0.1, 0.15) is 0 Å². The first kappa shape index (κ1) is 17.4. The Hall–Kier alpha value is -2.38. The molecule has 0 spiro atoms. The summed E-state index contributed by atoms with van der Waals surface area (Å²) < 4.78 is 0. The molecule has 2 aromatic rings. The van der Waals surface area contributed by atoms with E-state index in [0.717, 1.165) is 6.41 Å². The second kappa shape index (κ2) is 7.67. The van der Waals surface area contributed by atoms with E-state index in [1.165, 1.54) is 0 Å². The van der Waals surface area contributed by atoms with Gasteiger partial charge in [0.2, 0.25) is 6.41 Å². The summed E-state index contributed by atoms with van der Waals surface area (Å²) in [5, 5.41) is 11.6. The van der Waals surface area contributed by atoms with Crippen LogP contribution in [0.3, 0.4) is 0 Å². The van der Waals surface area contributed by atoms with Gasteiger partial charge in [-0.25, -0.2) is 0 Å². The number of rotatable bonds is 4. The number of carbonyl (C=O) groups excluding carboxylic acids is 2. The van der Waals surface area contributed by atoms with E-state index in [2.05, 4.69) is 15.5 Å². The van der Waals surface area contributed by atoms with Gasteiger partial charge in [0.05, 0.1) is 10.0 Å². The summed E-state index contributed by atoms with van der Waals surface area (Å²) in [5.41, 5.74) is 0.719. The van der Waals surface area contributed by atoms with E-state index < -0.39 is 0 Å². The molecule has 0 radical (unpaired) electrons. The van der Waals surface area contributed by atoms with E-state index in [1.54, 1.807) is 35.2 Å². The largest absolute Gasteiger partial charge is 0.352 e. The van der Waals surface area contributed by atoms with Crippen LogP contribution in [-0.4, -0.2) is 53.6 Å². The number of carbonyl (C=O) groups is 2. The van der Waals surface area contributed by atoms with Crippen molar-refractivity contribution >= 4 is 47.0 Å². The molecule has 1 aliphatic heterocycles. The van der Waals surface area contributed by atoms with Crippen molar-refractivity contribution in [1.29, 1.82) is 0 Å². The van der Waals surface area contributed by atoms with Gasteiger partial charge in [0, 0.05) is 31.9 Å². The molecule has 1 aromatic heterocycles. The number of nitrogens with one attached hydrogen (secondary N) is 1. The molecule has 1 fully saturated rings. The van der Waals surface area contributed by atoms with E-state index in [4.69, 9.17) is 23.2 Å². The van der Waals surface area contributed by atoms with Gasteiger partial charge in [-0.2, -0.15) is 0 Å². The highest BCUT2D eigenvalue weighted by atomic mass is 35.5. The fraction of sp³-hybridized carbons (Fsp3) is 0.250. The van der Waals surface area contributed by atoms with Gasteiger partial charge in [-0.05, 0) is 30.3 Å². The lowest BCUT2D eigenvalue weighted by molar-refractivity contribution is -0.118. The van der Waals surface area contributed by atoms with Gasteiger partial charge >= 0.3 is 0 Å². The van der Waals surface area contributed by atoms with E-state index in [0.29, 0.717) is 47.7 Å². The lowest BCUT2D eigenvalue weighted by Crippen LogP contribution is -2.46. The smallest absolute Gasteiger partial charge is 0.276 e. The lowest BCUT2D eigenvalue weighted by atomic mass is 10.3.